The lowest BCUT2D eigenvalue weighted by Crippen LogP contribution is -2.41. The standard InChI is InChI=1S/C12H19N5O2/c1-2-16-7-3-4-9(8-16)14-11-6-5-10(17(18)19)12(13)15-11/h5-6,9H,2-4,7-8H2,1H3,(H3,13,14,15). The van der Waals surface area contributed by atoms with Gasteiger partial charge < -0.3 is 16.0 Å². The third-order valence-corrected chi connectivity index (χ3v) is 3.40. The Morgan fingerprint density at radius 1 is 1.63 bits per heavy atom. The van der Waals surface area contributed by atoms with Crippen molar-refractivity contribution in [3.8, 4) is 0 Å². The first-order valence-corrected chi connectivity index (χ1v) is 6.50. The number of likely N-dealkylation sites (N-methyl/N-ethyl adjacent to an activating group) is 1. The van der Waals surface area contributed by atoms with Crippen LogP contribution in [0.1, 0.15) is 19.8 Å². The number of hydrogen-bond donors (Lipinski definition) is 2. The number of piperidine rings is 1. The van der Waals surface area contributed by atoms with Crippen molar-refractivity contribution in [1.82, 2.24) is 9.88 Å². The number of nitro groups is 1. The molecule has 1 aromatic heterocycles. The lowest BCUT2D eigenvalue weighted by Gasteiger charge is -2.32. The number of aromatic nitrogens is 1. The fraction of sp³-hybridized carbons (Fsp3) is 0.583. The number of hydrogen-bond acceptors (Lipinski definition) is 6. The average Bonchev–Trinajstić information content (AvgIpc) is 2.38. The van der Waals surface area contributed by atoms with Crippen molar-refractivity contribution >= 4 is 17.3 Å². The normalized spacial score (nSPS) is 20.2. The molecule has 19 heavy (non-hydrogen) atoms. The highest BCUT2D eigenvalue weighted by molar-refractivity contribution is 5.57. The number of rotatable bonds is 4. The summed E-state index contributed by atoms with van der Waals surface area (Å²) in [4.78, 5) is 16.6. The first-order chi connectivity index (χ1) is 9.10. The van der Waals surface area contributed by atoms with Gasteiger partial charge in [0.25, 0.3) is 0 Å². The fourth-order valence-electron chi connectivity index (χ4n) is 2.37. The van der Waals surface area contributed by atoms with Crippen LogP contribution in [-0.2, 0) is 0 Å². The van der Waals surface area contributed by atoms with Crippen molar-refractivity contribution in [2.75, 3.05) is 30.7 Å². The Morgan fingerprint density at radius 3 is 3.05 bits per heavy atom. The van der Waals surface area contributed by atoms with E-state index in [0.717, 1.165) is 32.5 Å². The maximum Gasteiger partial charge on any atom is 0.311 e. The van der Waals surface area contributed by atoms with Gasteiger partial charge in [0, 0.05) is 18.7 Å². The molecule has 0 aromatic carbocycles. The van der Waals surface area contributed by atoms with E-state index in [1.54, 1.807) is 6.07 Å². The fourth-order valence-corrected chi connectivity index (χ4v) is 2.37. The van der Waals surface area contributed by atoms with E-state index in [-0.39, 0.29) is 11.5 Å². The molecule has 0 amide bonds. The lowest BCUT2D eigenvalue weighted by atomic mass is 10.1. The molecule has 7 heteroatoms. The van der Waals surface area contributed by atoms with Crippen LogP contribution in [-0.4, -0.2) is 40.5 Å². The van der Waals surface area contributed by atoms with Crippen LogP contribution in [0.15, 0.2) is 12.1 Å². The van der Waals surface area contributed by atoms with Crippen molar-refractivity contribution in [1.29, 1.82) is 0 Å². The summed E-state index contributed by atoms with van der Waals surface area (Å²) in [6.07, 6.45) is 2.23. The molecule has 1 aliphatic rings. The molecule has 1 aromatic rings. The number of likely N-dealkylation sites (tertiary alicyclic amines) is 1. The summed E-state index contributed by atoms with van der Waals surface area (Å²) in [6.45, 7) is 5.28. The van der Waals surface area contributed by atoms with Crippen molar-refractivity contribution in [2.24, 2.45) is 0 Å². The van der Waals surface area contributed by atoms with Crippen molar-refractivity contribution < 1.29 is 4.92 Å². The number of nitrogens with two attached hydrogens (primary N) is 1. The molecule has 0 bridgehead atoms. The summed E-state index contributed by atoms with van der Waals surface area (Å²) in [5.41, 5.74) is 5.43. The second-order valence-corrected chi connectivity index (χ2v) is 4.73. The molecule has 1 fully saturated rings. The van der Waals surface area contributed by atoms with E-state index in [1.807, 2.05) is 0 Å². The second kappa shape index (κ2) is 5.83. The molecule has 1 saturated heterocycles. The van der Waals surface area contributed by atoms with Crippen molar-refractivity contribution in [3.63, 3.8) is 0 Å². The van der Waals surface area contributed by atoms with Crippen LogP contribution in [0.4, 0.5) is 17.3 Å². The van der Waals surface area contributed by atoms with Gasteiger partial charge in [0.15, 0.2) is 0 Å². The number of pyridine rings is 1. The number of nitrogens with one attached hydrogen (secondary N) is 1. The molecule has 0 radical (unpaired) electrons. The van der Waals surface area contributed by atoms with Gasteiger partial charge in [-0.25, -0.2) is 4.98 Å². The molecular formula is C12H19N5O2. The van der Waals surface area contributed by atoms with Crippen LogP contribution < -0.4 is 11.1 Å². The number of anilines is 2. The number of nitrogens with zero attached hydrogens (tertiary/aromatic N) is 3. The van der Waals surface area contributed by atoms with Gasteiger partial charge in [-0.05, 0) is 32.0 Å². The zero-order valence-corrected chi connectivity index (χ0v) is 11.0. The third-order valence-electron chi connectivity index (χ3n) is 3.40. The summed E-state index contributed by atoms with van der Waals surface area (Å²) >= 11 is 0. The lowest BCUT2D eigenvalue weighted by molar-refractivity contribution is -0.384. The second-order valence-electron chi connectivity index (χ2n) is 4.73. The van der Waals surface area contributed by atoms with Crippen LogP contribution in [0.5, 0.6) is 0 Å². The quantitative estimate of drug-likeness (QED) is 0.632. The van der Waals surface area contributed by atoms with Crippen LogP contribution in [0.2, 0.25) is 0 Å². The first-order valence-electron chi connectivity index (χ1n) is 6.50. The zero-order valence-electron chi connectivity index (χ0n) is 11.0. The van der Waals surface area contributed by atoms with E-state index in [1.165, 1.54) is 6.07 Å². The maximum absolute atomic E-state index is 10.7. The molecule has 2 heterocycles. The minimum Gasteiger partial charge on any atom is -0.378 e. The van der Waals surface area contributed by atoms with E-state index >= 15 is 0 Å². The monoisotopic (exact) mass is 265 g/mol. The highest BCUT2D eigenvalue weighted by atomic mass is 16.6. The molecule has 1 atom stereocenters. The summed E-state index contributed by atoms with van der Waals surface area (Å²) < 4.78 is 0. The molecule has 1 aliphatic heterocycles. The SMILES string of the molecule is CCN1CCCC(Nc2ccc([N+](=O)[O-])c(N)n2)C1. The zero-order chi connectivity index (χ0) is 13.8. The molecule has 0 aliphatic carbocycles. The number of nitrogen functional groups attached to an aromatic ring is 1. The van der Waals surface area contributed by atoms with E-state index in [9.17, 15) is 10.1 Å². The summed E-state index contributed by atoms with van der Waals surface area (Å²) in [7, 11) is 0. The van der Waals surface area contributed by atoms with Gasteiger partial charge in [0.1, 0.15) is 5.82 Å². The summed E-state index contributed by atoms with van der Waals surface area (Å²) in [6, 6.07) is 3.33. The van der Waals surface area contributed by atoms with E-state index in [4.69, 9.17) is 5.73 Å². The van der Waals surface area contributed by atoms with Gasteiger partial charge in [-0.3, -0.25) is 10.1 Å². The minimum atomic E-state index is -0.522. The van der Waals surface area contributed by atoms with E-state index < -0.39 is 4.92 Å². The van der Waals surface area contributed by atoms with Crippen LogP contribution in [0, 0.1) is 10.1 Å². The minimum absolute atomic E-state index is 0.0434. The molecule has 0 saturated carbocycles. The predicted molar refractivity (Wildman–Crippen MR) is 74.1 cm³/mol. The Balaban J connectivity index is 2.03. The molecule has 2 rings (SSSR count). The molecule has 1 unspecified atom stereocenters. The Labute approximate surface area is 112 Å². The predicted octanol–water partition coefficient (Wildman–Crippen LogP) is 1.47. The van der Waals surface area contributed by atoms with Gasteiger partial charge in [0.2, 0.25) is 5.82 Å². The van der Waals surface area contributed by atoms with Crippen molar-refractivity contribution in [2.45, 2.75) is 25.8 Å². The molecular weight excluding hydrogens is 246 g/mol. The average molecular weight is 265 g/mol. The van der Waals surface area contributed by atoms with Gasteiger partial charge in [0.05, 0.1) is 4.92 Å². The highest BCUT2D eigenvalue weighted by Crippen LogP contribution is 2.22. The topological polar surface area (TPSA) is 97.3 Å². The highest BCUT2D eigenvalue weighted by Gasteiger charge is 2.20. The Bertz CT molecular complexity index is 465. The summed E-state index contributed by atoms with van der Waals surface area (Å²) in [5, 5.41) is 14.0. The Kier molecular flexibility index (Phi) is 4.16. The maximum atomic E-state index is 10.7. The van der Waals surface area contributed by atoms with Crippen LogP contribution in [0.25, 0.3) is 0 Å². The van der Waals surface area contributed by atoms with Crippen LogP contribution >= 0.6 is 0 Å². The molecule has 0 spiro atoms. The Morgan fingerprint density at radius 2 is 2.42 bits per heavy atom. The third kappa shape index (κ3) is 3.31. The van der Waals surface area contributed by atoms with E-state index in [2.05, 4.69) is 22.1 Å². The van der Waals surface area contributed by atoms with Gasteiger partial charge >= 0.3 is 5.69 Å². The van der Waals surface area contributed by atoms with Gasteiger partial charge in [-0.15, -0.1) is 0 Å². The molecule has 7 nitrogen and oxygen atoms in total. The summed E-state index contributed by atoms with van der Waals surface area (Å²) in [5.74, 6) is 0.559. The largest absolute Gasteiger partial charge is 0.378 e. The van der Waals surface area contributed by atoms with Crippen LogP contribution in [0.3, 0.4) is 0 Å². The first kappa shape index (κ1) is 13.5. The van der Waals surface area contributed by atoms with Gasteiger partial charge in [-0.2, -0.15) is 0 Å². The smallest absolute Gasteiger partial charge is 0.311 e. The van der Waals surface area contributed by atoms with Gasteiger partial charge in [-0.1, -0.05) is 6.92 Å². The van der Waals surface area contributed by atoms with E-state index in [0.29, 0.717) is 11.9 Å². The van der Waals surface area contributed by atoms with Crippen molar-refractivity contribution in [3.05, 3.63) is 22.2 Å². The molecule has 104 valence electrons. The molecule has 3 N–H and O–H groups in total. The Hall–Kier alpha value is -1.89.